The quantitative estimate of drug-likeness (QED) is 0.799. The minimum Gasteiger partial charge on any atom is -0.504 e. The Hall–Kier alpha value is -1.22. The lowest BCUT2D eigenvalue weighted by Crippen LogP contribution is -2.07. The summed E-state index contributed by atoms with van der Waals surface area (Å²) in [5.41, 5.74) is 7.73. The van der Waals surface area contributed by atoms with Crippen LogP contribution in [0.2, 0.25) is 0 Å². The molecule has 84 valence electrons. The fourth-order valence-corrected chi connectivity index (χ4v) is 1.91. The smallest absolute Gasteiger partial charge is 0.164 e. The van der Waals surface area contributed by atoms with Gasteiger partial charge in [-0.3, -0.25) is 0 Å². The molecule has 1 rings (SSSR count). The highest BCUT2D eigenvalue weighted by Crippen LogP contribution is 2.38. The number of hydrogen-bond donors (Lipinski definition) is 2. The van der Waals surface area contributed by atoms with E-state index in [0.29, 0.717) is 18.2 Å². The van der Waals surface area contributed by atoms with E-state index in [1.807, 2.05) is 13.0 Å². The van der Waals surface area contributed by atoms with Crippen molar-refractivity contribution < 1.29 is 9.84 Å². The van der Waals surface area contributed by atoms with Crippen molar-refractivity contribution in [3.8, 4) is 11.5 Å². The molecule has 1 aromatic rings. The molecular weight excluding hydrogens is 190 g/mol. The lowest BCUT2D eigenvalue weighted by Gasteiger charge is -2.18. The van der Waals surface area contributed by atoms with Crippen molar-refractivity contribution in [3.63, 3.8) is 0 Å². The van der Waals surface area contributed by atoms with Gasteiger partial charge in [0.1, 0.15) is 0 Å². The van der Waals surface area contributed by atoms with Crippen molar-refractivity contribution in [2.24, 2.45) is 5.73 Å². The topological polar surface area (TPSA) is 55.5 Å². The number of nitrogens with two attached hydrogens (primary N) is 1. The molecule has 0 amide bonds. The van der Waals surface area contributed by atoms with Crippen LogP contribution in [0.15, 0.2) is 12.1 Å². The number of hydrogen-bond acceptors (Lipinski definition) is 3. The molecule has 15 heavy (non-hydrogen) atoms. The predicted molar refractivity (Wildman–Crippen MR) is 61.5 cm³/mol. The van der Waals surface area contributed by atoms with Crippen LogP contribution in [0.1, 0.15) is 30.4 Å². The van der Waals surface area contributed by atoms with E-state index in [1.54, 1.807) is 13.2 Å². The Bertz CT molecular complexity index is 337. The summed E-state index contributed by atoms with van der Waals surface area (Å²) in [4.78, 5) is 0. The normalized spacial score (nSPS) is 12.5. The second-order valence-corrected chi connectivity index (χ2v) is 3.83. The van der Waals surface area contributed by atoms with Crippen LogP contribution in [0, 0.1) is 6.92 Å². The lowest BCUT2D eigenvalue weighted by atomic mass is 9.92. The SMILES string of the molecule is COc1c(O)ccc(C)c1C(C)CCN. The van der Waals surface area contributed by atoms with Crippen molar-refractivity contribution in [2.45, 2.75) is 26.2 Å². The number of methoxy groups -OCH3 is 1. The maximum atomic E-state index is 9.68. The van der Waals surface area contributed by atoms with E-state index in [-0.39, 0.29) is 5.75 Å². The Morgan fingerprint density at radius 1 is 1.47 bits per heavy atom. The number of rotatable bonds is 4. The summed E-state index contributed by atoms with van der Waals surface area (Å²) in [6.07, 6.45) is 0.890. The van der Waals surface area contributed by atoms with Crippen LogP contribution in [-0.2, 0) is 0 Å². The first-order chi connectivity index (χ1) is 7.11. The molecule has 1 aromatic carbocycles. The Kier molecular flexibility index (Phi) is 3.97. The molecule has 0 aliphatic rings. The molecule has 3 N–H and O–H groups in total. The molecule has 0 spiro atoms. The Morgan fingerprint density at radius 2 is 2.13 bits per heavy atom. The number of phenolic OH excluding ortho intramolecular Hbond substituents is 1. The third-order valence-electron chi connectivity index (χ3n) is 2.69. The summed E-state index contributed by atoms with van der Waals surface area (Å²) < 4.78 is 5.23. The fraction of sp³-hybridized carbons (Fsp3) is 0.500. The summed E-state index contributed by atoms with van der Waals surface area (Å²) in [6, 6.07) is 3.56. The lowest BCUT2D eigenvalue weighted by molar-refractivity contribution is 0.365. The molecule has 0 bridgehead atoms. The molecule has 0 saturated heterocycles. The summed E-state index contributed by atoms with van der Waals surface area (Å²) in [5.74, 6) is 1.08. The van der Waals surface area contributed by atoms with Gasteiger partial charge in [0.05, 0.1) is 7.11 Å². The molecule has 0 saturated carbocycles. The van der Waals surface area contributed by atoms with E-state index in [9.17, 15) is 5.11 Å². The average molecular weight is 209 g/mol. The van der Waals surface area contributed by atoms with Crippen LogP contribution in [-0.4, -0.2) is 18.8 Å². The maximum absolute atomic E-state index is 9.68. The van der Waals surface area contributed by atoms with Crippen molar-refractivity contribution in [3.05, 3.63) is 23.3 Å². The zero-order valence-electron chi connectivity index (χ0n) is 9.58. The first-order valence-electron chi connectivity index (χ1n) is 5.18. The zero-order chi connectivity index (χ0) is 11.4. The summed E-state index contributed by atoms with van der Waals surface area (Å²) in [7, 11) is 1.58. The summed E-state index contributed by atoms with van der Waals surface area (Å²) in [5, 5.41) is 9.68. The summed E-state index contributed by atoms with van der Waals surface area (Å²) >= 11 is 0. The third-order valence-corrected chi connectivity index (χ3v) is 2.69. The fourth-order valence-electron chi connectivity index (χ4n) is 1.91. The molecule has 1 atom stereocenters. The highest BCUT2D eigenvalue weighted by atomic mass is 16.5. The number of benzene rings is 1. The molecule has 1 unspecified atom stereocenters. The van der Waals surface area contributed by atoms with Crippen molar-refractivity contribution >= 4 is 0 Å². The minimum absolute atomic E-state index is 0.196. The van der Waals surface area contributed by atoms with Crippen LogP contribution >= 0.6 is 0 Å². The highest BCUT2D eigenvalue weighted by Gasteiger charge is 2.16. The van der Waals surface area contributed by atoms with Crippen LogP contribution in [0.25, 0.3) is 0 Å². The molecule has 0 aliphatic carbocycles. The molecule has 0 radical (unpaired) electrons. The standard InChI is InChI=1S/C12H19NO2/c1-8-4-5-10(14)12(15-3)11(8)9(2)6-7-13/h4-5,9,14H,6-7,13H2,1-3H3. The van der Waals surface area contributed by atoms with Crippen molar-refractivity contribution in [1.82, 2.24) is 0 Å². The first kappa shape index (κ1) is 11.9. The monoisotopic (exact) mass is 209 g/mol. The predicted octanol–water partition coefficient (Wildman–Crippen LogP) is 2.16. The van der Waals surface area contributed by atoms with Crippen LogP contribution in [0.4, 0.5) is 0 Å². The van der Waals surface area contributed by atoms with Crippen molar-refractivity contribution in [1.29, 1.82) is 0 Å². The van der Waals surface area contributed by atoms with E-state index >= 15 is 0 Å². The molecular formula is C12H19NO2. The highest BCUT2D eigenvalue weighted by molar-refractivity contribution is 5.51. The van der Waals surface area contributed by atoms with Gasteiger partial charge in [0, 0.05) is 5.56 Å². The van der Waals surface area contributed by atoms with Gasteiger partial charge in [-0.25, -0.2) is 0 Å². The van der Waals surface area contributed by atoms with E-state index in [2.05, 4.69) is 6.92 Å². The Labute approximate surface area is 90.9 Å². The second-order valence-electron chi connectivity index (χ2n) is 3.83. The van der Waals surface area contributed by atoms with Gasteiger partial charge in [-0.05, 0) is 37.4 Å². The minimum atomic E-state index is 0.196. The molecule has 0 aromatic heterocycles. The molecule has 0 fully saturated rings. The Morgan fingerprint density at radius 3 is 2.67 bits per heavy atom. The number of phenols is 1. The van der Waals surface area contributed by atoms with E-state index < -0.39 is 0 Å². The van der Waals surface area contributed by atoms with Gasteiger partial charge in [-0.2, -0.15) is 0 Å². The molecule has 3 nitrogen and oxygen atoms in total. The van der Waals surface area contributed by atoms with Gasteiger partial charge in [0.2, 0.25) is 0 Å². The first-order valence-corrected chi connectivity index (χ1v) is 5.18. The molecule has 0 aliphatic heterocycles. The number of ether oxygens (including phenoxy) is 1. The maximum Gasteiger partial charge on any atom is 0.164 e. The third kappa shape index (κ3) is 2.42. The van der Waals surface area contributed by atoms with E-state index in [1.165, 1.54) is 0 Å². The van der Waals surface area contributed by atoms with Crippen LogP contribution in [0.5, 0.6) is 11.5 Å². The summed E-state index contributed by atoms with van der Waals surface area (Å²) in [6.45, 7) is 4.75. The van der Waals surface area contributed by atoms with Gasteiger partial charge in [0.15, 0.2) is 11.5 Å². The van der Waals surface area contributed by atoms with Gasteiger partial charge >= 0.3 is 0 Å². The van der Waals surface area contributed by atoms with Crippen LogP contribution < -0.4 is 10.5 Å². The second kappa shape index (κ2) is 5.03. The van der Waals surface area contributed by atoms with E-state index in [0.717, 1.165) is 17.5 Å². The van der Waals surface area contributed by atoms with Gasteiger partial charge in [-0.15, -0.1) is 0 Å². The Balaban J connectivity index is 3.18. The van der Waals surface area contributed by atoms with Gasteiger partial charge in [0.25, 0.3) is 0 Å². The average Bonchev–Trinajstić information content (AvgIpc) is 2.21. The number of aromatic hydroxyl groups is 1. The zero-order valence-corrected chi connectivity index (χ0v) is 9.58. The van der Waals surface area contributed by atoms with E-state index in [4.69, 9.17) is 10.5 Å². The largest absolute Gasteiger partial charge is 0.504 e. The molecule has 0 heterocycles. The number of aryl methyl sites for hydroxylation is 1. The van der Waals surface area contributed by atoms with Crippen molar-refractivity contribution in [2.75, 3.05) is 13.7 Å². The molecule has 3 heteroatoms. The van der Waals surface area contributed by atoms with Gasteiger partial charge in [-0.1, -0.05) is 13.0 Å². The van der Waals surface area contributed by atoms with Gasteiger partial charge < -0.3 is 15.6 Å². The van der Waals surface area contributed by atoms with Crippen LogP contribution in [0.3, 0.4) is 0 Å².